The summed E-state index contributed by atoms with van der Waals surface area (Å²) in [6.07, 6.45) is -0.0355. The van der Waals surface area contributed by atoms with Crippen LogP contribution in [0.2, 0.25) is 0 Å². The van der Waals surface area contributed by atoms with Gasteiger partial charge in [-0.2, -0.15) is 13.2 Å². The number of anilines is 3. The average Bonchev–Trinajstić information content (AvgIpc) is 3.28. The maximum absolute atomic E-state index is 12.9. The number of likely N-dealkylation sites (N-methyl/N-ethyl adjacent to an activating group) is 1. The summed E-state index contributed by atoms with van der Waals surface area (Å²) in [6.45, 7) is 2.65. The molecule has 1 amide bonds. The molecule has 1 atom stereocenters. The van der Waals surface area contributed by atoms with Gasteiger partial charge in [-0.25, -0.2) is 15.0 Å². The molecule has 0 radical (unpaired) electrons. The molecule has 1 saturated heterocycles. The van der Waals surface area contributed by atoms with Crippen LogP contribution in [0.15, 0.2) is 48.8 Å². The van der Waals surface area contributed by atoms with E-state index < -0.39 is 11.9 Å². The molecule has 4 rings (SSSR count). The topological polar surface area (TPSA) is 83.0 Å². The highest BCUT2D eigenvalue weighted by molar-refractivity contribution is 5.85. The number of amides is 1. The van der Waals surface area contributed by atoms with Gasteiger partial charge >= 0.3 is 6.18 Å². The van der Waals surface area contributed by atoms with Crippen LogP contribution in [0.5, 0.6) is 0 Å². The van der Waals surface area contributed by atoms with Gasteiger partial charge in [-0.15, -0.1) is 0 Å². The molecule has 2 N–H and O–H groups in total. The number of aryl methyl sites for hydroxylation is 1. The Morgan fingerprint density at radius 1 is 1.12 bits per heavy atom. The summed E-state index contributed by atoms with van der Waals surface area (Å²) in [5.74, 6) is 0.571. The van der Waals surface area contributed by atoms with Gasteiger partial charge in [-0.3, -0.25) is 4.79 Å². The van der Waals surface area contributed by atoms with Crippen LogP contribution in [0.25, 0.3) is 11.1 Å². The zero-order chi connectivity index (χ0) is 23.6. The summed E-state index contributed by atoms with van der Waals surface area (Å²) in [6, 6.07) is 9.95. The Labute approximate surface area is 189 Å². The number of hydrogen-bond acceptors (Lipinski definition) is 6. The molecule has 1 unspecified atom stereocenters. The van der Waals surface area contributed by atoms with Gasteiger partial charge in [0.15, 0.2) is 0 Å². The Kier molecular flexibility index (Phi) is 6.17. The second kappa shape index (κ2) is 9.05. The predicted molar refractivity (Wildman–Crippen MR) is 119 cm³/mol. The van der Waals surface area contributed by atoms with Crippen LogP contribution in [0, 0.1) is 6.92 Å². The SMILES string of the molecule is CNC(=O)C1CCCN1c1ccc(-c2cc(C)cc(Nc3nccc(C(F)(F)F)n3)c2)cn1. The van der Waals surface area contributed by atoms with Crippen LogP contribution in [0.3, 0.4) is 0 Å². The normalized spacial score (nSPS) is 16.0. The van der Waals surface area contributed by atoms with E-state index in [4.69, 9.17) is 0 Å². The summed E-state index contributed by atoms with van der Waals surface area (Å²) >= 11 is 0. The molecule has 33 heavy (non-hydrogen) atoms. The second-order valence-electron chi connectivity index (χ2n) is 7.85. The van der Waals surface area contributed by atoms with Crippen LogP contribution >= 0.6 is 0 Å². The minimum atomic E-state index is -4.54. The number of alkyl halides is 3. The number of carbonyl (C=O) groups excluding carboxylic acids is 1. The van der Waals surface area contributed by atoms with Crippen molar-refractivity contribution in [1.82, 2.24) is 20.3 Å². The van der Waals surface area contributed by atoms with Crippen LogP contribution in [-0.2, 0) is 11.0 Å². The van der Waals surface area contributed by atoms with E-state index in [9.17, 15) is 18.0 Å². The Morgan fingerprint density at radius 3 is 2.64 bits per heavy atom. The largest absolute Gasteiger partial charge is 0.433 e. The number of nitrogens with zero attached hydrogens (tertiary/aromatic N) is 4. The molecule has 1 fully saturated rings. The third-order valence-corrected chi connectivity index (χ3v) is 5.46. The average molecular weight is 456 g/mol. The summed E-state index contributed by atoms with van der Waals surface area (Å²) in [7, 11) is 1.63. The Hall–Kier alpha value is -3.69. The first kappa shape index (κ1) is 22.5. The number of benzene rings is 1. The first-order chi connectivity index (χ1) is 15.7. The van der Waals surface area contributed by atoms with Crippen LogP contribution < -0.4 is 15.5 Å². The predicted octanol–water partition coefficient (Wildman–Crippen LogP) is 4.32. The van der Waals surface area contributed by atoms with Crippen LogP contribution in [0.4, 0.5) is 30.6 Å². The molecule has 1 aromatic carbocycles. The maximum atomic E-state index is 12.9. The number of hydrogen-bond donors (Lipinski definition) is 2. The second-order valence-corrected chi connectivity index (χ2v) is 7.85. The van der Waals surface area contributed by atoms with E-state index in [2.05, 4.69) is 25.6 Å². The van der Waals surface area contributed by atoms with Gasteiger partial charge in [-0.1, -0.05) is 6.07 Å². The molecule has 172 valence electrons. The minimum absolute atomic E-state index is 0.0235. The lowest BCUT2D eigenvalue weighted by atomic mass is 10.0. The molecule has 0 bridgehead atoms. The highest BCUT2D eigenvalue weighted by Gasteiger charge is 2.33. The quantitative estimate of drug-likeness (QED) is 0.595. The van der Waals surface area contributed by atoms with E-state index in [-0.39, 0.29) is 17.9 Å². The van der Waals surface area contributed by atoms with Crippen LogP contribution in [-0.4, -0.2) is 40.5 Å². The lowest BCUT2D eigenvalue weighted by molar-refractivity contribution is -0.141. The van der Waals surface area contributed by atoms with E-state index in [0.717, 1.165) is 54.2 Å². The minimum Gasteiger partial charge on any atom is -0.357 e. The molecule has 1 aliphatic rings. The molecule has 0 spiro atoms. The van der Waals surface area contributed by atoms with Gasteiger partial charge in [0, 0.05) is 37.2 Å². The van der Waals surface area contributed by atoms with E-state index in [1.165, 1.54) is 0 Å². The number of rotatable bonds is 5. The van der Waals surface area contributed by atoms with Gasteiger partial charge in [0.1, 0.15) is 17.6 Å². The lowest BCUT2D eigenvalue weighted by Crippen LogP contribution is -2.42. The molecule has 3 heterocycles. The Balaban J connectivity index is 1.56. The third-order valence-electron chi connectivity index (χ3n) is 5.46. The number of aromatic nitrogens is 3. The fourth-order valence-corrected chi connectivity index (χ4v) is 3.93. The number of pyridine rings is 1. The maximum Gasteiger partial charge on any atom is 0.433 e. The molecular formula is C23H23F3N6O. The molecule has 7 nitrogen and oxygen atoms in total. The highest BCUT2D eigenvalue weighted by Crippen LogP contribution is 2.30. The molecular weight excluding hydrogens is 433 g/mol. The molecule has 0 aliphatic carbocycles. The molecule has 2 aromatic heterocycles. The fraction of sp³-hybridized carbons (Fsp3) is 0.304. The van der Waals surface area contributed by atoms with E-state index in [1.54, 1.807) is 25.4 Å². The summed E-state index contributed by atoms with van der Waals surface area (Å²) < 4.78 is 38.8. The smallest absolute Gasteiger partial charge is 0.357 e. The number of halogens is 3. The standard InChI is InChI=1S/C23H23F3N6O/c1-14-10-16(12-17(11-14)30-22-28-8-7-19(31-22)23(24,25)26)15-5-6-20(29-13-15)32-9-3-4-18(32)21(33)27-2/h5-8,10-13,18H,3-4,9H2,1-2H3,(H,27,33)(H,28,30,31). The van der Waals surface area contributed by atoms with Crippen molar-refractivity contribution in [2.45, 2.75) is 32.0 Å². The molecule has 10 heteroatoms. The first-order valence-electron chi connectivity index (χ1n) is 10.5. The molecule has 1 aliphatic heterocycles. The van der Waals surface area contributed by atoms with Crippen molar-refractivity contribution in [3.8, 4) is 11.1 Å². The van der Waals surface area contributed by atoms with Gasteiger partial charge in [-0.05, 0) is 61.2 Å². The lowest BCUT2D eigenvalue weighted by Gasteiger charge is -2.24. The molecule has 0 saturated carbocycles. The number of nitrogens with one attached hydrogen (secondary N) is 2. The molecule has 3 aromatic rings. The van der Waals surface area contributed by atoms with Gasteiger partial charge in [0.25, 0.3) is 0 Å². The van der Waals surface area contributed by atoms with E-state index >= 15 is 0 Å². The first-order valence-corrected chi connectivity index (χ1v) is 10.5. The van der Waals surface area contributed by atoms with Crippen molar-refractivity contribution in [1.29, 1.82) is 0 Å². The zero-order valence-corrected chi connectivity index (χ0v) is 18.1. The highest BCUT2D eigenvalue weighted by atomic mass is 19.4. The third kappa shape index (κ3) is 5.05. The van der Waals surface area contributed by atoms with Crippen molar-refractivity contribution in [3.63, 3.8) is 0 Å². The van der Waals surface area contributed by atoms with E-state index in [1.807, 2.05) is 30.0 Å². The zero-order valence-electron chi connectivity index (χ0n) is 18.1. The van der Waals surface area contributed by atoms with Crippen molar-refractivity contribution in [3.05, 3.63) is 60.0 Å². The van der Waals surface area contributed by atoms with Gasteiger partial charge in [0.2, 0.25) is 11.9 Å². The van der Waals surface area contributed by atoms with E-state index in [0.29, 0.717) is 5.69 Å². The van der Waals surface area contributed by atoms with Crippen molar-refractivity contribution < 1.29 is 18.0 Å². The summed E-state index contributed by atoms with van der Waals surface area (Å²) in [5, 5.41) is 5.55. The van der Waals surface area contributed by atoms with Gasteiger partial charge < -0.3 is 15.5 Å². The van der Waals surface area contributed by atoms with Crippen molar-refractivity contribution >= 4 is 23.4 Å². The Morgan fingerprint density at radius 2 is 1.94 bits per heavy atom. The van der Waals surface area contributed by atoms with Crippen LogP contribution in [0.1, 0.15) is 24.1 Å². The fourth-order valence-electron chi connectivity index (χ4n) is 3.93. The van der Waals surface area contributed by atoms with Crippen molar-refractivity contribution in [2.75, 3.05) is 23.8 Å². The summed E-state index contributed by atoms with van der Waals surface area (Å²) in [4.78, 5) is 26.1. The Bertz CT molecular complexity index is 1150. The van der Waals surface area contributed by atoms with Crippen molar-refractivity contribution in [2.24, 2.45) is 0 Å². The van der Waals surface area contributed by atoms with Gasteiger partial charge in [0.05, 0.1) is 0 Å². The summed E-state index contributed by atoms with van der Waals surface area (Å²) in [5.41, 5.74) is 2.14. The number of carbonyl (C=O) groups is 1. The monoisotopic (exact) mass is 456 g/mol.